The minimum atomic E-state index is -0.0843. The van der Waals surface area contributed by atoms with Crippen LogP contribution in [0.3, 0.4) is 0 Å². The Hall–Kier alpha value is -2.42. The highest BCUT2D eigenvalue weighted by Gasteiger charge is 2.39. The van der Waals surface area contributed by atoms with Crippen molar-refractivity contribution in [2.24, 2.45) is 24.8 Å². The SMILES string of the molecule is CNC(=O)c1ccc2c(c1)c1c(n2C)C([C@@H](CO)CCC(=O)NC2COC2)CC(C2CCOCC2)C1. The summed E-state index contributed by atoms with van der Waals surface area (Å²) in [4.78, 5) is 24.9. The fourth-order valence-electron chi connectivity index (χ4n) is 6.61. The molecule has 3 atom stereocenters. The molecule has 0 radical (unpaired) electrons. The van der Waals surface area contributed by atoms with Crippen LogP contribution in [0.4, 0.5) is 0 Å². The summed E-state index contributed by atoms with van der Waals surface area (Å²) < 4.78 is 13.1. The van der Waals surface area contributed by atoms with Crippen molar-refractivity contribution >= 4 is 22.7 Å². The Morgan fingerprint density at radius 3 is 2.61 bits per heavy atom. The third-order valence-corrected chi connectivity index (χ3v) is 8.70. The standard InChI is InChI=1S/C28H39N3O5/c1-29-28(34)18-3-5-25-23(11-18)24-13-20(17-7-9-35-10-8-17)12-22(27(24)31(25)2)19(14-32)4-6-26(33)30-21-15-36-16-21/h3,5,11,17,19-22,32H,4,6-10,12-16H2,1-2H3,(H,29,34)(H,30,33)/t19-,20?,22?/m1/s1. The van der Waals surface area contributed by atoms with Gasteiger partial charge in [0.25, 0.3) is 5.91 Å². The van der Waals surface area contributed by atoms with Crippen molar-refractivity contribution in [3.63, 3.8) is 0 Å². The number of nitrogens with one attached hydrogen (secondary N) is 2. The predicted molar refractivity (Wildman–Crippen MR) is 137 cm³/mol. The Morgan fingerprint density at radius 1 is 1.17 bits per heavy atom. The number of amides is 2. The van der Waals surface area contributed by atoms with Crippen molar-refractivity contribution in [2.45, 2.75) is 50.5 Å². The maximum Gasteiger partial charge on any atom is 0.251 e. The first-order chi connectivity index (χ1) is 17.5. The predicted octanol–water partition coefficient (Wildman–Crippen LogP) is 2.51. The summed E-state index contributed by atoms with van der Waals surface area (Å²) in [6.07, 6.45) is 5.16. The van der Waals surface area contributed by atoms with Crippen molar-refractivity contribution in [1.82, 2.24) is 15.2 Å². The molecule has 8 heteroatoms. The van der Waals surface area contributed by atoms with Gasteiger partial charge in [0, 0.05) is 68.4 Å². The summed E-state index contributed by atoms with van der Waals surface area (Å²) >= 11 is 0. The Kier molecular flexibility index (Phi) is 7.65. The first kappa shape index (κ1) is 25.2. The summed E-state index contributed by atoms with van der Waals surface area (Å²) in [5.74, 6) is 1.19. The molecule has 2 fully saturated rings. The molecular formula is C28H39N3O5. The lowest BCUT2D eigenvalue weighted by molar-refractivity contribution is -0.125. The highest BCUT2D eigenvalue weighted by Crippen LogP contribution is 2.48. The maximum absolute atomic E-state index is 12.5. The van der Waals surface area contributed by atoms with Gasteiger partial charge in [-0.15, -0.1) is 0 Å². The van der Waals surface area contributed by atoms with E-state index in [2.05, 4.69) is 22.2 Å². The van der Waals surface area contributed by atoms with Gasteiger partial charge in [-0.2, -0.15) is 0 Å². The second kappa shape index (κ2) is 10.9. The highest BCUT2D eigenvalue weighted by molar-refractivity contribution is 5.99. The van der Waals surface area contributed by atoms with Gasteiger partial charge in [0.05, 0.1) is 19.3 Å². The van der Waals surface area contributed by atoms with Crippen molar-refractivity contribution in [3.8, 4) is 0 Å². The third kappa shape index (κ3) is 4.91. The molecule has 3 N–H and O–H groups in total. The number of aliphatic hydroxyl groups is 1. The van der Waals surface area contributed by atoms with Crippen LogP contribution in [0, 0.1) is 17.8 Å². The topological polar surface area (TPSA) is 102 Å². The fourth-order valence-corrected chi connectivity index (χ4v) is 6.61. The molecule has 2 aliphatic heterocycles. The van der Waals surface area contributed by atoms with Crippen LogP contribution in [-0.4, -0.2) is 67.6 Å². The number of nitrogens with zero attached hydrogens (tertiary/aromatic N) is 1. The molecule has 0 spiro atoms. The van der Waals surface area contributed by atoms with Crippen LogP contribution < -0.4 is 10.6 Å². The molecule has 36 heavy (non-hydrogen) atoms. The number of aromatic nitrogens is 1. The number of aryl methyl sites for hydroxylation is 1. The zero-order chi connectivity index (χ0) is 25.2. The smallest absolute Gasteiger partial charge is 0.251 e. The number of hydrogen-bond acceptors (Lipinski definition) is 5. The van der Waals surface area contributed by atoms with Crippen LogP contribution in [0.15, 0.2) is 18.2 Å². The molecule has 1 aromatic heterocycles. The first-order valence-corrected chi connectivity index (χ1v) is 13.4. The van der Waals surface area contributed by atoms with E-state index < -0.39 is 0 Å². The van der Waals surface area contributed by atoms with Crippen LogP contribution in [0.2, 0.25) is 0 Å². The second-order valence-corrected chi connectivity index (χ2v) is 10.8. The normalized spacial score (nSPS) is 23.6. The third-order valence-electron chi connectivity index (χ3n) is 8.70. The molecule has 2 amide bonds. The Bertz CT molecular complexity index is 1100. The number of benzene rings is 1. The molecule has 3 aliphatic rings. The number of aliphatic hydroxyl groups excluding tert-OH is 1. The summed E-state index contributed by atoms with van der Waals surface area (Å²) in [6.45, 7) is 2.84. The number of carbonyl (C=O) groups excluding carboxylic acids is 2. The highest BCUT2D eigenvalue weighted by atomic mass is 16.5. The molecule has 1 aromatic carbocycles. The van der Waals surface area contributed by atoms with E-state index >= 15 is 0 Å². The number of fused-ring (bicyclic) bond motifs is 3. The van der Waals surface area contributed by atoms with E-state index in [0.717, 1.165) is 49.8 Å². The lowest BCUT2D eigenvalue weighted by Gasteiger charge is -2.39. The molecule has 5 rings (SSSR count). The van der Waals surface area contributed by atoms with Gasteiger partial charge >= 0.3 is 0 Å². The molecule has 0 bridgehead atoms. The average molecular weight is 498 g/mol. The molecule has 2 unspecified atom stereocenters. The zero-order valence-corrected chi connectivity index (χ0v) is 21.4. The molecule has 2 saturated heterocycles. The molecular weight excluding hydrogens is 458 g/mol. The Morgan fingerprint density at radius 2 is 1.94 bits per heavy atom. The first-order valence-electron chi connectivity index (χ1n) is 13.4. The van der Waals surface area contributed by atoms with E-state index in [4.69, 9.17) is 9.47 Å². The molecule has 2 aromatic rings. The lowest BCUT2D eigenvalue weighted by atomic mass is 9.67. The summed E-state index contributed by atoms with van der Waals surface area (Å²) in [6, 6.07) is 6.08. The number of carbonyl (C=O) groups is 2. The van der Waals surface area contributed by atoms with Gasteiger partial charge in [-0.3, -0.25) is 9.59 Å². The average Bonchev–Trinajstić information content (AvgIpc) is 3.17. The van der Waals surface area contributed by atoms with Crippen LogP contribution in [0.25, 0.3) is 10.9 Å². The fraction of sp³-hybridized carbons (Fsp3) is 0.643. The van der Waals surface area contributed by atoms with Crippen LogP contribution in [0.1, 0.15) is 59.6 Å². The quantitative estimate of drug-likeness (QED) is 0.520. The van der Waals surface area contributed by atoms with E-state index in [-0.39, 0.29) is 36.3 Å². The van der Waals surface area contributed by atoms with Gasteiger partial charge in [-0.25, -0.2) is 0 Å². The molecule has 0 saturated carbocycles. The maximum atomic E-state index is 12.5. The van der Waals surface area contributed by atoms with Crippen molar-refractivity contribution in [1.29, 1.82) is 0 Å². The molecule has 196 valence electrons. The summed E-state index contributed by atoms with van der Waals surface area (Å²) in [5.41, 5.74) is 4.35. The van der Waals surface area contributed by atoms with E-state index in [1.165, 1.54) is 11.3 Å². The number of ether oxygens (including phenoxy) is 2. The van der Waals surface area contributed by atoms with Crippen molar-refractivity contribution in [3.05, 3.63) is 35.0 Å². The minimum absolute atomic E-state index is 0.00351. The van der Waals surface area contributed by atoms with Gasteiger partial charge in [0.2, 0.25) is 5.91 Å². The Balaban J connectivity index is 1.47. The van der Waals surface area contributed by atoms with Gasteiger partial charge in [0.15, 0.2) is 0 Å². The van der Waals surface area contributed by atoms with Gasteiger partial charge in [-0.05, 0) is 73.6 Å². The molecule has 1 aliphatic carbocycles. The molecule has 3 heterocycles. The van der Waals surface area contributed by atoms with Crippen LogP contribution in [-0.2, 0) is 27.7 Å². The second-order valence-electron chi connectivity index (χ2n) is 10.8. The van der Waals surface area contributed by atoms with E-state index in [1.54, 1.807) is 7.05 Å². The summed E-state index contributed by atoms with van der Waals surface area (Å²) in [7, 11) is 3.75. The number of rotatable bonds is 8. The minimum Gasteiger partial charge on any atom is -0.396 e. The monoisotopic (exact) mass is 497 g/mol. The number of hydrogen-bond donors (Lipinski definition) is 3. The van der Waals surface area contributed by atoms with Gasteiger partial charge in [-0.1, -0.05) is 0 Å². The van der Waals surface area contributed by atoms with Crippen LogP contribution >= 0.6 is 0 Å². The van der Waals surface area contributed by atoms with E-state index in [0.29, 0.717) is 43.5 Å². The van der Waals surface area contributed by atoms with Crippen molar-refractivity contribution in [2.75, 3.05) is 40.1 Å². The van der Waals surface area contributed by atoms with Crippen LogP contribution in [0.5, 0.6) is 0 Å². The van der Waals surface area contributed by atoms with Crippen molar-refractivity contribution < 1.29 is 24.2 Å². The largest absolute Gasteiger partial charge is 0.396 e. The van der Waals surface area contributed by atoms with Gasteiger partial charge in [0.1, 0.15) is 0 Å². The summed E-state index contributed by atoms with van der Waals surface area (Å²) in [5, 5.41) is 17.4. The zero-order valence-electron chi connectivity index (χ0n) is 21.4. The Labute approximate surface area is 212 Å². The molecule has 8 nitrogen and oxygen atoms in total. The van der Waals surface area contributed by atoms with E-state index in [1.807, 2.05) is 18.2 Å². The van der Waals surface area contributed by atoms with E-state index in [9.17, 15) is 14.7 Å². The van der Waals surface area contributed by atoms with Gasteiger partial charge < -0.3 is 29.8 Å². The lowest BCUT2D eigenvalue weighted by Crippen LogP contribution is -2.48.